The predicted molar refractivity (Wildman–Crippen MR) is 106 cm³/mol. The number of anilines is 1. The smallest absolute Gasteiger partial charge is 0.341 e. The standard InChI is InChI=1S/C21H25NO3S/c1-2-25-21(24)17-14-18(16-11-7-4-8-12-16)26-20(17)22-19(23)13-15-9-5-3-6-10-15/h4,7-8,11-12,14-15H,2-3,5-6,9-10,13H2,1H3,(H,22,23). The summed E-state index contributed by atoms with van der Waals surface area (Å²) in [6.07, 6.45) is 6.47. The zero-order valence-electron chi connectivity index (χ0n) is 15.1. The molecular weight excluding hydrogens is 346 g/mol. The van der Waals surface area contributed by atoms with Crippen LogP contribution in [0.25, 0.3) is 10.4 Å². The second kappa shape index (κ2) is 8.99. The van der Waals surface area contributed by atoms with E-state index in [1.54, 1.807) is 6.92 Å². The van der Waals surface area contributed by atoms with Crippen LogP contribution in [0.2, 0.25) is 0 Å². The van der Waals surface area contributed by atoms with Gasteiger partial charge in [-0.1, -0.05) is 49.6 Å². The molecule has 0 bridgehead atoms. The van der Waals surface area contributed by atoms with E-state index in [1.165, 1.54) is 30.6 Å². The van der Waals surface area contributed by atoms with Crippen molar-refractivity contribution in [2.75, 3.05) is 11.9 Å². The molecule has 1 saturated carbocycles. The molecule has 3 rings (SSSR count). The summed E-state index contributed by atoms with van der Waals surface area (Å²) in [6.45, 7) is 2.09. The molecule has 0 aliphatic heterocycles. The van der Waals surface area contributed by atoms with Gasteiger partial charge in [-0.25, -0.2) is 4.79 Å². The lowest BCUT2D eigenvalue weighted by Gasteiger charge is -2.20. The SMILES string of the molecule is CCOC(=O)c1cc(-c2ccccc2)sc1NC(=O)CC1CCCCC1. The minimum Gasteiger partial charge on any atom is -0.462 e. The number of nitrogens with one attached hydrogen (secondary N) is 1. The van der Waals surface area contributed by atoms with E-state index in [-0.39, 0.29) is 11.9 Å². The zero-order valence-corrected chi connectivity index (χ0v) is 15.9. The summed E-state index contributed by atoms with van der Waals surface area (Å²) in [7, 11) is 0. The summed E-state index contributed by atoms with van der Waals surface area (Å²) in [6, 6.07) is 11.7. The maximum atomic E-state index is 12.5. The Kier molecular flexibility index (Phi) is 6.45. The van der Waals surface area contributed by atoms with Crippen LogP contribution in [0.3, 0.4) is 0 Å². The molecule has 0 radical (unpaired) electrons. The van der Waals surface area contributed by atoms with Crippen LogP contribution in [0.1, 0.15) is 55.8 Å². The van der Waals surface area contributed by atoms with E-state index in [0.29, 0.717) is 29.5 Å². The van der Waals surface area contributed by atoms with Gasteiger partial charge in [0, 0.05) is 11.3 Å². The molecule has 0 atom stereocenters. The average molecular weight is 372 g/mol. The van der Waals surface area contributed by atoms with Crippen molar-refractivity contribution in [2.45, 2.75) is 45.4 Å². The first-order chi connectivity index (χ1) is 12.7. The van der Waals surface area contributed by atoms with Gasteiger partial charge in [-0.05, 0) is 37.3 Å². The number of hydrogen-bond acceptors (Lipinski definition) is 4. The molecule has 0 saturated heterocycles. The summed E-state index contributed by atoms with van der Waals surface area (Å²) in [5, 5.41) is 3.55. The second-order valence-electron chi connectivity index (χ2n) is 6.70. The molecular formula is C21H25NO3S. The van der Waals surface area contributed by atoms with Crippen LogP contribution in [0.15, 0.2) is 36.4 Å². The van der Waals surface area contributed by atoms with E-state index in [1.807, 2.05) is 36.4 Å². The van der Waals surface area contributed by atoms with E-state index < -0.39 is 0 Å². The van der Waals surface area contributed by atoms with Gasteiger partial charge in [0.2, 0.25) is 5.91 Å². The van der Waals surface area contributed by atoms with Crippen LogP contribution in [0.4, 0.5) is 5.00 Å². The second-order valence-corrected chi connectivity index (χ2v) is 7.75. The number of ether oxygens (including phenoxy) is 1. The van der Waals surface area contributed by atoms with Crippen molar-refractivity contribution in [3.63, 3.8) is 0 Å². The Morgan fingerprint density at radius 1 is 1.15 bits per heavy atom. The predicted octanol–water partition coefficient (Wildman–Crippen LogP) is 5.50. The van der Waals surface area contributed by atoms with E-state index >= 15 is 0 Å². The Morgan fingerprint density at radius 2 is 1.88 bits per heavy atom. The van der Waals surface area contributed by atoms with Crippen LogP contribution < -0.4 is 5.32 Å². The Hall–Kier alpha value is -2.14. The molecule has 4 nitrogen and oxygen atoms in total. The highest BCUT2D eigenvalue weighted by Crippen LogP contribution is 2.36. The molecule has 1 amide bonds. The summed E-state index contributed by atoms with van der Waals surface area (Å²) in [5.41, 5.74) is 1.46. The van der Waals surface area contributed by atoms with Crippen LogP contribution in [0.5, 0.6) is 0 Å². The van der Waals surface area contributed by atoms with E-state index in [4.69, 9.17) is 4.74 Å². The third kappa shape index (κ3) is 4.73. The van der Waals surface area contributed by atoms with Crippen molar-refractivity contribution >= 4 is 28.2 Å². The van der Waals surface area contributed by atoms with Gasteiger partial charge in [-0.2, -0.15) is 0 Å². The van der Waals surface area contributed by atoms with Gasteiger partial charge in [0.05, 0.1) is 12.2 Å². The maximum absolute atomic E-state index is 12.5. The van der Waals surface area contributed by atoms with E-state index in [9.17, 15) is 9.59 Å². The summed E-state index contributed by atoms with van der Waals surface area (Å²) < 4.78 is 5.17. The normalized spacial score (nSPS) is 14.8. The lowest BCUT2D eigenvalue weighted by molar-refractivity contribution is -0.117. The van der Waals surface area contributed by atoms with Gasteiger partial charge in [0.15, 0.2) is 0 Å². The molecule has 1 aromatic heterocycles. The highest BCUT2D eigenvalue weighted by Gasteiger charge is 2.22. The Labute approximate surface area is 158 Å². The number of hydrogen-bond donors (Lipinski definition) is 1. The zero-order chi connectivity index (χ0) is 18.4. The van der Waals surface area contributed by atoms with E-state index in [2.05, 4.69) is 5.32 Å². The first kappa shape index (κ1) is 18.6. The van der Waals surface area contributed by atoms with Crippen molar-refractivity contribution in [3.8, 4) is 10.4 Å². The first-order valence-electron chi connectivity index (χ1n) is 9.33. The molecule has 138 valence electrons. The molecule has 26 heavy (non-hydrogen) atoms. The van der Waals surface area contributed by atoms with Crippen molar-refractivity contribution in [1.29, 1.82) is 0 Å². The highest BCUT2D eigenvalue weighted by molar-refractivity contribution is 7.20. The Bertz CT molecular complexity index is 748. The number of carbonyl (C=O) groups is 2. The van der Waals surface area contributed by atoms with E-state index in [0.717, 1.165) is 23.3 Å². The van der Waals surface area contributed by atoms with Crippen molar-refractivity contribution in [2.24, 2.45) is 5.92 Å². The lowest BCUT2D eigenvalue weighted by atomic mass is 9.87. The summed E-state index contributed by atoms with van der Waals surface area (Å²) in [4.78, 5) is 25.8. The lowest BCUT2D eigenvalue weighted by Crippen LogP contribution is -2.19. The monoisotopic (exact) mass is 371 g/mol. The van der Waals surface area contributed by atoms with Gasteiger partial charge in [0.25, 0.3) is 0 Å². The minimum absolute atomic E-state index is 0.0103. The van der Waals surface area contributed by atoms with Gasteiger partial charge in [0.1, 0.15) is 5.00 Å². The number of rotatable bonds is 6. The number of thiophene rings is 1. The summed E-state index contributed by atoms with van der Waals surface area (Å²) >= 11 is 1.42. The third-order valence-electron chi connectivity index (χ3n) is 4.74. The van der Waals surface area contributed by atoms with Crippen LogP contribution >= 0.6 is 11.3 Å². The molecule has 1 aromatic carbocycles. The molecule has 5 heteroatoms. The van der Waals surface area contributed by atoms with Crippen molar-refractivity contribution < 1.29 is 14.3 Å². The molecule has 1 aliphatic carbocycles. The van der Waals surface area contributed by atoms with Crippen molar-refractivity contribution in [3.05, 3.63) is 42.0 Å². The maximum Gasteiger partial charge on any atom is 0.341 e. The molecule has 0 spiro atoms. The largest absolute Gasteiger partial charge is 0.462 e. The Morgan fingerprint density at radius 3 is 2.58 bits per heavy atom. The number of carbonyl (C=O) groups excluding carboxylic acids is 2. The van der Waals surface area contributed by atoms with Gasteiger partial charge in [-0.3, -0.25) is 4.79 Å². The van der Waals surface area contributed by atoms with Gasteiger partial charge >= 0.3 is 5.97 Å². The molecule has 1 heterocycles. The fourth-order valence-electron chi connectivity index (χ4n) is 3.42. The molecule has 2 aromatic rings. The van der Waals surface area contributed by atoms with Crippen LogP contribution in [-0.4, -0.2) is 18.5 Å². The molecule has 1 fully saturated rings. The highest BCUT2D eigenvalue weighted by atomic mass is 32.1. The van der Waals surface area contributed by atoms with Crippen LogP contribution in [0, 0.1) is 5.92 Å². The number of benzene rings is 1. The number of amides is 1. The Balaban J connectivity index is 1.78. The van der Waals surface area contributed by atoms with Gasteiger partial charge in [-0.15, -0.1) is 11.3 Å². The topological polar surface area (TPSA) is 55.4 Å². The quantitative estimate of drug-likeness (QED) is 0.682. The molecule has 1 aliphatic rings. The first-order valence-corrected chi connectivity index (χ1v) is 10.1. The average Bonchev–Trinajstić information content (AvgIpc) is 3.07. The van der Waals surface area contributed by atoms with Crippen LogP contribution in [-0.2, 0) is 9.53 Å². The fraction of sp³-hybridized carbons (Fsp3) is 0.429. The van der Waals surface area contributed by atoms with Crippen molar-refractivity contribution in [1.82, 2.24) is 0 Å². The molecule has 0 unspecified atom stereocenters. The fourth-order valence-corrected chi connectivity index (χ4v) is 4.49. The third-order valence-corrected chi connectivity index (χ3v) is 5.84. The number of esters is 1. The minimum atomic E-state index is -0.390. The molecule has 1 N–H and O–H groups in total. The summed E-state index contributed by atoms with van der Waals surface area (Å²) in [5.74, 6) is 0.0613. The van der Waals surface area contributed by atoms with Gasteiger partial charge < -0.3 is 10.1 Å².